The van der Waals surface area contributed by atoms with Crippen LogP contribution in [0.4, 0.5) is 0 Å². The molecule has 2 N–H and O–H groups in total. The molecule has 0 radical (unpaired) electrons. The van der Waals surface area contributed by atoms with E-state index in [1.807, 2.05) is 20.8 Å². The molecule has 0 spiro atoms. The van der Waals surface area contributed by atoms with E-state index >= 15 is 0 Å². The Hall–Kier alpha value is -1.55. The van der Waals surface area contributed by atoms with Gasteiger partial charge >= 0.3 is 0 Å². The molecule has 4 heteroatoms. The van der Waals surface area contributed by atoms with Crippen molar-refractivity contribution in [2.45, 2.75) is 39.7 Å². The number of carbonyl (C=O) groups is 1. The van der Waals surface area contributed by atoms with Crippen LogP contribution in [0.1, 0.15) is 44.5 Å². The summed E-state index contributed by atoms with van der Waals surface area (Å²) < 4.78 is 5.33. The topological polar surface area (TPSA) is 58.6 Å². The molecule has 0 aliphatic rings. The maximum atomic E-state index is 12.0. The van der Waals surface area contributed by atoms with Crippen molar-refractivity contribution in [2.75, 3.05) is 13.2 Å². The van der Waals surface area contributed by atoms with Crippen molar-refractivity contribution >= 4 is 5.91 Å². The zero-order valence-electron chi connectivity index (χ0n) is 12.8. The first kappa shape index (κ1) is 16.5. The molecule has 1 aromatic carbocycles. The van der Waals surface area contributed by atoms with Crippen LogP contribution in [-0.2, 0) is 0 Å². The second kappa shape index (κ2) is 7.29. The van der Waals surface area contributed by atoms with Crippen LogP contribution < -0.4 is 10.1 Å². The van der Waals surface area contributed by atoms with Crippen LogP contribution in [0.15, 0.2) is 24.3 Å². The molecule has 1 rings (SSSR count). The minimum atomic E-state index is -0.893. The Balaban J connectivity index is 2.58. The first-order chi connectivity index (χ1) is 9.40. The van der Waals surface area contributed by atoms with Gasteiger partial charge in [0.05, 0.1) is 12.2 Å². The van der Waals surface area contributed by atoms with Crippen LogP contribution in [-0.4, -0.2) is 29.8 Å². The monoisotopic (exact) mass is 279 g/mol. The van der Waals surface area contributed by atoms with Crippen LogP contribution in [0.3, 0.4) is 0 Å². The van der Waals surface area contributed by atoms with Gasteiger partial charge < -0.3 is 15.2 Å². The van der Waals surface area contributed by atoms with Gasteiger partial charge in [0.2, 0.25) is 0 Å². The first-order valence-corrected chi connectivity index (χ1v) is 7.14. The average molecular weight is 279 g/mol. The van der Waals surface area contributed by atoms with Gasteiger partial charge in [0.1, 0.15) is 5.75 Å². The van der Waals surface area contributed by atoms with Crippen LogP contribution in [0, 0.1) is 5.92 Å². The van der Waals surface area contributed by atoms with Crippen molar-refractivity contribution in [1.82, 2.24) is 5.32 Å². The van der Waals surface area contributed by atoms with E-state index in [0.29, 0.717) is 12.2 Å². The van der Waals surface area contributed by atoms with Gasteiger partial charge in [0.15, 0.2) is 0 Å². The molecule has 0 bridgehead atoms. The van der Waals surface area contributed by atoms with Crippen LogP contribution >= 0.6 is 0 Å². The quantitative estimate of drug-likeness (QED) is 0.806. The third kappa shape index (κ3) is 4.53. The maximum absolute atomic E-state index is 12.0. The summed E-state index contributed by atoms with van der Waals surface area (Å²) in [5.74, 6) is 0.690. The highest BCUT2D eigenvalue weighted by Crippen LogP contribution is 2.19. The smallest absolute Gasteiger partial charge is 0.251 e. The van der Waals surface area contributed by atoms with E-state index in [1.165, 1.54) is 0 Å². The molecule has 0 aromatic heterocycles. The summed E-state index contributed by atoms with van der Waals surface area (Å²) in [6.45, 7) is 8.51. The second-order valence-corrected chi connectivity index (χ2v) is 5.31. The van der Waals surface area contributed by atoms with Gasteiger partial charge in [-0.1, -0.05) is 20.3 Å². The molecule has 0 saturated carbocycles. The predicted octanol–water partition coefficient (Wildman–Crippen LogP) is 2.61. The molecule has 20 heavy (non-hydrogen) atoms. The number of rotatable bonds is 7. The molecule has 2 atom stereocenters. The maximum Gasteiger partial charge on any atom is 0.251 e. The fourth-order valence-electron chi connectivity index (χ4n) is 1.84. The Labute approximate surface area is 121 Å². The van der Waals surface area contributed by atoms with Gasteiger partial charge in [0, 0.05) is 12.1 Å². The lowest BCUT2D eigenvalue weighted by Crippen LogP contribution is -2.45. The van der Waals surface area contributed by atoms with Crippen molar-refractivity contribution in [1.29, 1.82) is 0 Å². The minimum Gasteiger partial charge on any atom is -0.494 e. The van der Waals surface area contributed by atoms with Crippen molar-refractivity contribution in [3.8, 4) is 5.75 Å². The zero-order valence-corrected chi connectivity index (χ0v) is 12.8. The number of hydrogen-bond acceptors (Lipinski definition) is 3. The molecular weight excluding hydrogens is 254 g/mol. The Morgan fingerprint density at radius 2 is 1.95 bits per heavy atom. The normalized spacial score (nSPS) is 15.2. The fourth-order valence-corrected chi connectivity index (χ4v) is 1.84. The Morgan fingerprint density at radius 3 is 2.45 bits per heavy atom. The SMILES string of the molecule is CCOc1ccc(C(=O)NCC(C)(O)C(C)CC)cc1. The summed E-state index contributed by atoms with van der Waals surface area (Å²) in [6.07, 6.45) is 0.867. The fraction of sp³-hybridized carbons (Fsp3) is 0.562. The highest BCUT2D eigenvalue weighted by Gasteiger charge is 2.27. The lowest BCUT2D eigenvalue weighted by atomic mass is 9.88. The van der Waals surface area contributed by atoms with Gasteiger partial charge in [-0.3, -0.25) is 4.79 Å². The molecule has 112 valence electrons. The van der Waals surface area contributed by atoms with Crippen LogP contribution in [0.25, 0.3) is 0 Å². The van der Waals surface area contributed by atoms with E-state index < -0.39 is 5.60 Å². The number of nitrogens with one attached hydrogen (secondary N) is 1. The first-order valence-electron chi connectivity index (χ1n) is 7.14. The van der Waals surface area contributed by atoms with Crippen molar-refractivity contribution in [3.63, 3.8) is 0 Å². The lowest BCUT2D eigenvalue weighted by Gasteiger charge is -2.29. The summed E-state index contributed by atoms with van der Waals surface area (Å²) in [5, 5.41) is 13.0. The predicted molar refractivity (Wildman–Crippen MR) is 80.0 cm³/mol. The van der Waals surface area contributed by atoms with Gasteiger partial charge in [0.25, 0.3) is 5.91 Å². The van der Waals surface area contributed by atoms with Crippen molar-refractivity contribution < 1.29 is 14.6 Å². The highest BCUT2D eigenvalue weighted by molar-refractivity contribution is 5.94. The summed E-state index contributed by atoms with van der Waals surface area (Å²) in [5.41, 5.74) is -0.330. The second-order valence-electron chi connectivity index (χ2n) is 5.31. The molecule has 0 heterocycles. The van der Waals surface area contributed by atoms with E-state index in [2.05, 4.69) is 5.32 Å². The molecule has 0 fully saturated rings. The van der Waals surface area contributed by atoms with E-state index in [1.54, 1.807) is 31.2 Å². The molecule has 0 aliphatic carbocycles. The summed E-state index contributed by atoms with van der Waals surface area (Å²) >= 11 is 0. The molecule has 1 amide bonds. The molecule has 0 aliphatic heterocycles. The highest BCUT2D eigenvalue weighted by atomic mass is 16.5. The van der Waals surface area contributed by atoms with E-state index in [9.17, 15) is 9.90 Å². The van der Waals surface area contributed by atoms with Gasteiger partial charge in [-0.25, -0.2) is 0 Å². The van der Waals surface area contributed by atoms with Gasteiger partial charge in [-0.05, 0) is 44.0 Å². The van der Waals surface area contributed by atoms with E-state index in [0.717, 1.165) is 12.2 Å². The largest absolute Gasteiger partial charge is 0.494 e. The van der Waals surface area contributed by atoms with Crippen molar-refractivity contribution in [2.24, 2.45) is 5.92 Å². The molecule has 2 unspecified atom stereocenters. The number of hydrogen-bond donors (Lipinski definition) is 2. The molecule has 4 nitrogen and oxygen atoms in total. The summed E-state index contributed by atoms with van der Waals surface area (Å²) in [4.78, 5) is 12.0. The molecular formula is C16H25NO3. The standard InChI is InChI=1S/C16H25NO3/c1-5-12(3)16(4,19)11-17-15(18)13-7-9-14(10-8-13)20-6-2/h7-10,12,19H,5-6,11H2,1-4H3,(H,17,18). The third-order valence-electron chi connectivity index (χ3n) is 3.71. The number of carbonyl (C=O) groups excluding carboxylic acids is 1. The van der Waals surface area contributed by atoms with Gasteiger partial charge in [-0.15, -0.1) is 0 Å². The Kier molecular flexibility index (Phi) is 6.02. The van der Waals surface area contributed by atoms with E-state index in [4.69, 9.17) is 4.74 Å². The Bertz CT molecular complexity index is 426. The number of ether oxygens (including phenoxy) is 1. The van der Waals surface area contributed by atoms with Crippen LogP contribution in [0.2, 0.25) is 0 Å². The number of benzene rings is 1. The van der Waals surface area contributed by atoms with Crippen molar-refractivity contribution in [3.05, 3.63) is 29.8 Å². The number of amides is 1. The summed E-state index contributed by atoms with van der Waals surface area (Å²) in [6, 6.07) is 6.98. The van der Waals surface area contributed by atoms with Crippen LogP contribution in [0.5, 0.6) is 5.75 Å². The minimum absolute atomic E-state index is 0.128. The average Bonchev–Trinajstić information content (AvgIpc) is 2.45. The molecule has 1 aromatic rings. The lowest BCUT2D eigenvalue weighted by molar-refractivity contribution is 0.00592. The number of aliphatic hydroxyl groups is 1. The Morgan fingerprint density at radius 1 is 1.35 bits per heavy atom. The third-order valence-corrected chi connectivity index (χ3v) is 3.71. The van der Waals surface area contributed by atoms with E-state index in [-0.39, 0.29) is 18.4 Å². The zero-order chi connectivity index (χ0) is 15.2. The summed E-state index contributed by atoms with van der Waals surface area (Å²) in [7, 11) is 0. The molecule has 0 saturated heterocycles. The van der Waals surface area contributed by atoms with Gasteiger partial charge in [-0.2, -0.15) is 0 Å².